The molecule has 4 nitrogen and oxygen atoms in total. The van der Waals surface area contributed by atoms with Crippen molar-refractivity contribution in [2.75, 3.05) is 6.61 Å². The quantitative estimate of drug-likeness (QED) is 0.691. The molecule has 0 aliphatic carbocycles. The maximum absolute atomic E-state index is 12.4. The highest BCUT2D eigenvalue weighted by Crippen LogP contribution is 2.26. The minimum atomic E-state index is -0.597. The van der Waals surface area contributed by atoms with Crippen LogP contribution in [-0.4, -0.2) is 18.6 Å². The van der Waals surface area contributed by atoms with Crippen molar-refractivity contribution in [1.29, 1.82) is 0 Å². The van der Waals surface area contributed by atoms with E-state index in [4.69, 9.17) is 9.47 Å². The first kappa shape index (κ1) is 17.8. The Labute approximate surface area is 153 Å². The van der Waals surface area contributed by atoms with Crippen molar-refractivity contribution >= 4 is 16.7 Å². The van der Waals surface area contributed by atoms with Gasteiger partial charge in [0.25, 0.3) is 5.91 Å². The average molecular weight is 349 g/mol. The monoisotopic (exact) mass is 349 g/mol. The van der Waals surface area contributed by atoms with E-state index in [0.717, 1.165) is 22.1 Å². The van der Waals surface area contributed by atoms with Gasteiger partial charge in [0.15, 0.2) is 6.10 Å². The van der Waals surface area contributed by atoms with E-state index in [1.807, 2.05) is 73.7 Å². The van der Waals surface area contributed by atoms with Gasteiger partial charge in [-0.1, -0.05) is 54.6 Å². The van der Waals surface area contributed by atoms with Crippen molar-refractivity contribution in [3.8, 4) is 11.5 Å². The maximum atomic E-state index is 12.4. The fraction of sp³-hybridized carbons (Fsp3) is 0.227. The van der Waals surface area contributed by atoms with E-state index in [9.17, 15) is 4.79 Å². The summed E-state index contributed by atoms with van der Waals surface area (Å²) < 4.78 is 11.5. The molecule has 3 aromatic carbocycles. The minimum absolute atomic E-state index is 0.163. The number of carbonyl (C=O) groups excluding carboxylic acids is 1. The molecule has 3 aromatic rings. The summed E-state index contributed by atoms with van der Waals surface area (Å²) in [5.41, 5.74) is 0.945. The number of fused-ring (bicyclic) bond motifs is 1. The molecule has 0 spiro atoms. The maximum Gasteiger partial charge on any atom is 0.261 e. The summed E-state index contributed by atoms with van der Waals surface area (Å²) in [7, 11) is 0. The van der Waals surface area contributed by atoms with Crippen LogP contribution in [0, 0.1) is 0 Å². The molecular formula is C22H23NO3. The lowest BCUT2D eigenvalue weighted by molar-refractivity contribution is -0.127. The summed E-state index contributed by atoms with van der Waals surface area (Å²) in [6.07, 6.45) is -0.597. The van der Waals surface area contributed by atoms with Gasteiger partial charge in [0.2, 0.25) is 0 Å². The number of carbonyl (C=O) groups is 1. The van der Waals surface area contributed by atoms with Crippen LogP contribution in [0.5, 0.6) is 11.5 Å². The summed E-state index contributed by atoms with van der Waals surface area (Å²) in [6.45, 7) is 4.69. The normalized spacial score (nSPS) is 11.8. The summed E-state index contributed by atoms with van der Waals surface area (Å²) in [5.74, 6) is 1.34. The lowest BCUT2D eigenvalue weighted by atomic mass is 10.1. The first-order valence-electron chi connectivity index (χ1n) is 8.82. The first-order valence-corrected chi connectivity index (χ1v) is 8.82. The number of hydrogen-bond donors (Lipinski definition) is 1. The summed E-state index contributed by atoms with van der Waals surface area (Å²) >= 11 is 0. The highest BCUT2D eigenvalue weighted by Gasteiger charge is 2.16. The third kappa shape index (κ3) is 4.14. The highest BCUT2D eigenvalue weighted by molar-refractivity contribution is 5.89. The zero-order valence-corrected chi connectivity index (χ0v) is 15.1. The van der Waals surface area contributed by atoms with Crippen LogP contribution in [0.1, 0.15) is 19.4 Å². The van der Waals surface area contributed by atoms with Crippen molar-refractivity contribution < 1.29 is 14.3 Å². The van der Waals surface area contributed by atoms with Crippen molar-refractivity contribution in [1.82, 2.24) is 5.32 Å². The fourth-order valence-electron chi connectivity index (χ4n) is 2.81. The van der Waals surface area contributed by atoms with E-state index < -0.39 is 6.10 Å². The Kier molecular flexibility index (Phi) is 5.74. The average Bonchev–Trinajstić information content (AvgIpc) is 2.67. The summed E-state index contributed by atoms with van der Waals surface area (Å²) in [6, 6.07) is 21.5. The molecular weight excluding hydrogens is 326 g/mol. The van der Waals surface area contributed by atoms with Gasteiger partial charge in [0, 0.05) is 17.5 Å². The lowest BCUT2D eigenvalue weighted by Crippen LogP contribution is -2.36. The Morgan fingerprint density at radius 3 is 2.50 bits per heavy atom. The largest absolute Gasteiger partial charge is 0.494 e. The third-order valence-electron chi connectivity index (χ3n) is 4.15. The number of rotatable bonds is 7. The van der Waals surface area contributed by atoms with Gasteiger partial charge < -0.3 is 14.8 Å². The van der Waals surface area contributed by atoms with Crippen molar-refractivity contribution in [3.05, 3.63) is 72.3 Å². The molecule has 26 heavy (non-hydrogen) atoms. The summed E-state index contributed by atoms with van der Waals surface area (Å²) in [4.78, 5) is 12.4. The van der Waals surface area contributed by atoms with Crippen LogP contribution in [0.15, 0.2) is 66.7 Å². The van der Waals surface area contributed by atoms with E-state index in [-0.39, 0.29) is 5.91 Å². The highest BCUT2D eigenvalue weighted by atomic mass is 16.5. The van der Waals surface area contributed by atoms with Gasteiger partial charge in [-0.3, -0.25) is 4.79 Å². The Balaban J connectivity index is 1.65. The lowest BCUT2D eigenvalue weighted by Gasteiger charge is -2.17. The SMILES string of the molecule is CCOc1ccccc1CNC(=O)[C@@H](C)Oc1cccc2ccccc12. The number of ether oxygens (including phenoxy) is 2. The minimum Gasteiger partial charge on any atom is -0.494 e. The smallest absolute Gasteiger partial charge is 0.261 e. The predicted octanol–water partition coefficient (Wildman–Crippen LogP) is 4.32. The number of benzene rings is 3. The van der Waals surface area contributed by atoms with Crippen molar-refractivity contribution in [2.45, 2.75) is 26.5 Å². The van der Waals surface area contributed by atoms with Gasteiger partial charge in [-0.2, -0.15) is 0 Å². The van der Waals surface area contributed by atoms with Crippen LogP contribution in [0.3, 0.4) is 0 Å². The zero-order valence-electron chi connectivity index (χ0n) is 15.1. The Hall–Kier alpha value is -3.01. The molecule has 1 amide bonds. The van der Waals surface area contributed by atoms with Crippen LogP contribution >= 0.6 is 0 Å². The van der Waals surface area contributed by atoms with Gasteiger partial charge in [0.1, 0.15) is 11.5 Å². The van der Waals surface area contributed by atoms with Gasteiger partial charge in [0.05, 0.1) is 6.61 Å². The molecule has 134 valence electrons. The molecule has 0 radical (unpaired) electrons. The van der Waals surface area contributed by atoms with Crippen LogP contribution in [-0.2, 0) is 11.3 Å². The molecule has 0 saturated heterocycles. The number of nitrogens with one attached hydrogen (secondary N) is 1. The molecule has 3 rings (SSSR count). The topological polar surface area (TPSA) is 47.6 Å². The van der Waals surface area contributed by atoms with E-state index in [1.165, 1.54) is 0 Å². The summed E-state index contributed by atoms with van der Waals surface area (Å²) in [5, 5.41) is 5.00. The van der Waals surface area contributed by atoms with E-state index in [2.05, 4.69) is 5.32 Å². The molecule has 0 aromatic heterocycles. The third-order valence-corrected chi connectivity index (χ3v) is 4.15. The van der Waals surface area contributed by atoms with Crippen molar-refractivity contribution in [3.63, 3.8) is 0 Å². The number of hydrogen-bond acceptors (Lipinski definition) is 3. The van der Waals surface area contributed by atoms with Crippen LogP contribution in [0.25, 0.3) is 10.8 Å². The van der Waals surface area contributed by atoms with Gasteiger partial charge in [-0.05, 0) is 31.4 Å². The molecule has 4 heteroatoms. The van der Waals surface area contributed by atoms with Gasteiger partial charge in [-0.25, -0.2) is 0 Å². The van der Waals surface area contributed by atoms with E-state index >= 15 is 0 Å². The number of amides is 1. The molecule has 0 aliphatic heterocycles. The Morgan fingerprint density at radius 2 is 1.65 bits per heavy atom. The zero-order chi connectivity index (χ0) is 18.4. The number of para-hydroxylation sites is 1. The molecule has 0 fully saturated rings. The van der Waals surface area contributed by atoms with Gasteiger partial charge >= 0.3 is 0 Å². The van der Waals surface area contributed by atoms with Crippen LogP contribution in [0.2, 0.25) is 0 Å². The molecule has 0 unspecified atom stereocenters. The fourth-order valence-corrected chi connectivity index (χ4v) is 2.81. The molecule has 0 aliphatic rings. The Bertz CT molecular complexity index is 886. The molecule has 0 heterocycles. The van der Waals surface area contributed by atoms with E-state index in [0.29, 0.717) is 18.9 Å². The van der Waals surface area contributed by atoms with Crippen LogP contribution in [0.4, 0.5) is 0 Å². The molecule has 1 N–H and O–H groups in total. The first-order chi connectivity index (χ1) is 12.7. The second-order valence-electron chi connectivity index (χ2n) is 6.00. The molecule has 1 atom stereocenters. The van der Waals surface area contributed by atoms with Gasteiger partial charge in [-0.15, -0.1) is 0 Å². The van der Waals surface area contributed by atoms with Crippen LogP contribution < -0.4 is 14.8 Å². The molecule has 0 bridgehead atoms. The second-order valence-corrected chi connectivity index (χ2v) is 6.00. The molecule has 0 saturated carbocycles. The van der Waals surface area contributed by atoms with E-state index in [1.54, 1.807) is 6.92 Å². The van der Waals surface area contributed by atoms with Crippen molar-refractivity contribution in [2.24, 2.45) is 0 Å². The standard InChI is InChI=1S/C22H23NO3/c1-3-25-20-13-7-5-10-18(20)15-23-22(24)16(2)26-21-14-8-11-17-9-4-6-12-19(17)21/h4-14,16H,3,15H2,1-2H3,(H,23,24)/t16-/m1/s1. The predicted molar refractivity (Wildman–Crippen MR) is 103 cm³/mol. The Morgan fingerprint density at radius 1 is 0.962 bits per heavy atom. The second kappa shape index (κ2) is 8.39.